The van der Waals surface area contributed by atoms with Crippen molar-refractivity contribution in [3.8, 4) is 0 Å². The number of rotatable bonds is 3. The molecule has 1 fully saturated rings. The van der Waals surface area contributed by atoms with Gasteiger partial charge in [-0.2, -0.15) is 4.31 Å². The van der Waals surface area contributed by atoms with E-state index in [4.69, 9.17) is 5.73 Å². The molecule has 1 aromatic carbocycles. The van der Waals surface area contributed by atoms with Crippen LogP contribution >= 0.6 is 0 Å². The quantitative estimate of drug-likeness (QED) is 0.938. The predicted octanol–water partition coefficient (Wildman–Crippen LogP) is 1.84. The van der Waals surface area contributed by atoms with Crippen molar-refractivity contribution in [1.29, 1.82) is 0 Å². The standard InChI is InChI=1S/C15H17N3O2S/c16-15-14(7-4-9-17-15)21(19,20)18-10-8-13(11-18)12-5-2-1-3-6-12/h1-7,9,13H,8,10-11H2,(H2,16,17). The highest BCUT2D eigenvalue weighted by molar-refractivity contribution is 7.89. The van der Waals surface area contributed by atoms with Gasteiger partial charge in [-0.3, -0.25) is 0 Å². The van der Waals surface area contributed by atoms with Gasteiger partial charge in [-0.15, -0.1) is 0 Å². The zero-order chi connectivity index (χ0) is 14.9. The maximum atomic E-state index is 12.6. The van der Waals surface area contributed by atoms with E-state index in [1.807, 2.05) is 30.3 Å². The van der Waals surface area contributed by atoms with Gasteiger partial charge in [0, 0.05) is 19.3 Å². The average Bonchev–Trinajstić information content (AvgIpc) is 2.99. The first-order valence-corrected chi connectivity index (χ1v) is 8.28. The summed E-state index contributed by atoms with van der Waals surface area (Å²) in [6.45, 7) is 0.997. The van der Waals surface area contributed by atoms with Crippen molar-refractivity contribution in [2.75, 3.05) is 18.8 Å². The van der Waals surface area contributed by atoms with Crippen LogP contribution in [0.25, 0.3) is 0 Å². The van der Waals surface area contributed by atoms with Gasteiger partial charge in [-0.25, -0.2) is 13.4 Å². The number of aromatic nitrogens is 1. The maximum Gasteiger partial charge on any atom is 0.246 e. The summed E-state index contributed by atoms with van der Waals surface area (Å²) in [5, 5.41) is 0. The van der Waals surface area contributed by atoms with E-state index in [2.05, 4.69) is 4.98 Å². The average molecular weight is 303 g/mol. The van der Waals surface area contributed by atoms with Crippen molar-refractivity contribution in [3.05, 3.63) is 54.2 Å². The molecule has 2 aromatic rings. The van der Waals surface area contributed by atoms with Crippen LogP contribution < -0.4 is 5.73 Å². The Morgan fingerprint density at radius 1 is 1.14 bits per heavy atom. The van der Waals surface area contributed by atoms with Crippen LogP contribution in [0.1, 0.15) is 17.9 Å². The van der Waals surface area contributed by atoms with E-state index in [0.717, 1.165) is 6.42 Å². The summed E-state index contributed by atoms with van der Waals surface area (Å²) in [6.07, 6.45) is 2.31. The Morgan fingerprint density at radius 3 is 2.62 bits per heavy atom. The number of hydrogen-bond acceptors (Lipinski definition) is 4. The topological polar surface area (TPSA) is 76.3 Å². The third-order valence-corrected chi connectivity index (χ3v) is 5.75. The number of hydrogen-bond donors (Lipinski definition) is 1. The van der Waals surface area contributed by atoms with Crippen molar-refractivity contribution >= 4 is 15.8 Å². The normalized spacial score (nSPS) is 19.7. The molecule has 0 spiro atoms. The molecule has 0 saturated carbocycles. The number of benzene rings is 1. The lowest BCUT2D eigenvalue weighted by Gasteiger charge is -2.17. The molecule has 6 heteroatoms. The van der Waals surface area contributed by atoms with Gasteiger partial charge in [0.2, 0.25) is 10.0 Å². The fourth-order valence-corrected chi connectivity index (χ4v) is 4.27. The molecule has 1 atom stereocenters. The third kappa shape index (κ3) is 2.64. The zero-order valence-corrected chi connectivity index (χ0v) is 12.3. The lowest BCUT2D eigenvalue weighted by molar-refractivity contribution is 0.473. The molecule has 0 amide bonds. The highest BCUT2D eigenvalue weighted by atomic mass is 32.2. The Balaban J connectivity index is 1.85. The molecule has 0 radical (unpaired) electrons. The Bertz CT molecular complexity index is 732. The van der Waals surface area contributed by atoms with E-state index < -0.39 is 10.0 Å². The first-order valence-electron chi connectivity index (χ1n) is 6.84. The van der Waals surface area contributed by atoms with E-state index >= 15 is 0 Å². The van der Waals surface area contributed by atoms with Crippen LogP contribution in [0.2, 0.25) is 0 Å². The minimum atomic E-state index is -3.56. The SMILES string of the molecule is Nc1ncccc1S(=O)(=O)N1CCC(c2ccccc2)C1. The summed E-state index contributed by atoms with van der Waals surface area (Å²) in [6, 6.07) is 13.1. The second-order valence-electron chi connectivity index (χ2n) is 5.15. The second-order valence-corrected chi connectivity index (χ2v) is 7.05. The molecular weight excluding hydrogens is 286 g/mol. The summed E-state index contributed by atoms with van der Waals surface area (Å²) in [7, 11) is -3.56. The molecule has 1 aliphatic heterocycles. The van der Waals surface area contributed by atoms with Gasteiger partial charge in [-0.1, -0.05) is 30.3 Å². The van der Waals surface area contributed by atoms with E-state index in [9.17, 15) is 8.42 Å². The van der Waals surface area contributed by atoms with Gasteiger partial charge in [-0.05, 0) is 30.0 Å². The molecule has 1 aromatic heterocycles. The smallest absolute Gasteiger partial charge is 0.246 e. The molecule has 1 unspecified atom stereocenters. The largest absolute Gasteiger partial charge is 0.383 e. The van der Waals surface area contributed by atoms with Crippen LogP contribution in [-0.2, 0) is 10.0 Å². The van der Waals surface area contributed by atoms with Crippen molar-refractivity contribution in [3.63, 3.8) is 0 Å². The van der Waals surface area contributed by atoms with Gasteiger partial charge in [0.05, 0.1) is 0 Å². The summed E-state index contributed by atoms with van der Waals surface area (Å²) >= 11 is 0. The number of nitrogens with two attached hydrogens (primary N) is 1. The number of nitrogen functional groups attached to an aromatic ring is 1. The summed E-state index contributed by atoms with van der Waals surface area (Å²) in [5.74, 6) is 0.291. The number of nitrogens with zero attached hydrogens (tertiary/aromatic N) is 2. The molecule has 1 aliphatic rings. The van der Waals surface area contributed by atoms with Crippen LogP contribution in [0.3, 0.4) is 0 Å². The number of pyridine rings is 1. The molecular formula is C15H17N3O2S. The molecule has 2 heterocycles. The minimum absolute atomic E-state index is 0.0562. The second kappa shape index (κ2) is 5.46. The number of anilines is 1. The number of sulfonamides is 1. The molecule has 110 valence electrons. The third-order valence-electron chi connectivity index (χ3n) is 3.84. The van der Waals surface area contributed by atoms with E-state index in [0.29, 0.717) is 13.1 Å². The predicted molar refractivity (Wildman–Crippen MR) is 81.2 cm³/mol. The highest BCUT2D eigenvalue weighted by Crippen LogP contribution is 2.31. The fourth-order valence-electron chi connectivity index (χ4n) is 2.70. The molecule has 0 bridgehead atoms. The van der Waals surface area contributed by atoms with Crippen LogP contribution in [0.5, 0.6) is 0 Å². The van der Waals surface area contributed by atoms with E-state index in [1.165, 1.54) is 22.1 Å². The molecule has 21 heavy (non-hydrogen) atoms. The van der Waals surface area contributed by atoms with Crippen molar-refractivity contribution in [2.24, 2.45) is 0 Å². The Hall–Kier alpha value is -1.92. The summed E-state index contributed by atoms with van der Waals surface area (Å²) < 4.78 is 26.8. The molecule has 5 nitrogen and oxygen atoms in total. The summed E-state index contributed by atoms with van der Waals surface area (Å²) in [4.78, 5) is 3.96. The van der Waals surface area contributed by atoms with E-state index in [1.54, 1.807) is 6.07 Å². The first-order chi connectivity index (χ1) is 10.1. The van der Waals surface area contributed by atoms with Crippen molar-refractivity contribution in [1.82, 2.24) is 9.29 Å². The lowest BCUT2D eigenvalue weighted by Crippen LogP contribution is -2.29. The van der Waals surface area contributed by atoms with Gasteiger partial charge in [0.25, 0.3) is 0 Å². The van der Waals surface area contributed by atoms with E-state index in [-0.39, 0.29) is 16.6 Å². The van der Waals surface area contributed by atoms with Gasteiger partial charge in [0.15, 0.2) is 0 Å². The minimum Gasteiger partial charge on any atom is -0.383 e. The van der Waals surface area contributed by atoms with Crippen LogP contribution in [0, 0.1) is 0 Å². The van der Waals surface area contributed by atoms with Gasteiger partial charge < -0.3 is 5.73 Å². The molecule has 0 aliphatic carbocycles. The van der Waals surface area contributed by atoms with Crippen molar-refractivity contribution in [2.45, 2.75) is 17.2 Å². The Morgan fingerprint density at radius 2 is 1.90 bits per heavy atom. The Kier molecular flexibility index (Phi) is 3.65. The van der Waals surface area contributed by atoms with Gasteiger partial charge >= 0.3 is 0 Å². The van der Waals surface area contributed by atoms with Crippen LogP contribution in [-0.4, -0.2) is 30.8 Å². The summed E-state index contributed by atoms with van der Waals surface area (Å²) in [5.41, 5.74) is 6.88. The molecule has 3 rings (SSSR count). The van der Waals surface area contributed by atoms with Gasteiger partial charge in [0.1, 0.15) is 10.7 Å². The maximum absolute atomic E-state index is 12.6. The molecule has 1 saturated heterocycles. The zero-order valence-electron chi connectivity index (χ0n) is 11.5. The fraction of sp³-hybridized carbons (Fsp3) is 0.267. The van der Waals surface area contributed by atoms with Crippen LogP contribution in [0.4, 0.5) is 5.82 Å². The van der Waals surface area contributed by atoms with Crippen molar-refractivity contribution < 1.29 is 8.42 Å². The first kappa shape index (κ1) is 14.0. The lowest BCUT2D eigenvalue weighted by atomic mass is 9.99. The Labute approximate surface area is 124 Å². The monoisotopic (exact) mass is 303 g/mol. The highest BCUT2D eigenvalue weighted by Gasteiger charge is 2.34. The molecule has 2 N–H and O–H groups in total. The van der Waals surface area contributed by atoms with Crippen LogP contribution in [0.15, 0.2) is 53.6 Å².